The first-order chi connectivity index (χ1) is 9.97. The third kappa shape index (κ3) is 2.97. The van der Waals surface area contributed by atoms with E-state index in [2.05, 4.69) is 0 Å². The Labute approximate surface area is 121 Å². The molecule has 0 aliphatic carbocycles. The van der Waals surface area contributed by atoms with Gasteiger partial charge in [0.05, 0.1) is 19.8 Å². The number of benzene rings is 2. The second-order valence-electron chi connectivity index (χ2n) is 4.65. The van der Waals surface area contributed by atoms with Gasteiger partial charge < -0.3 is 14.6 Å². The van der Waals surface area contributed by atoms with Crippen molar-refractivity contribution in [3.8, 4) is 11.5 Å². The van der Waals surface area contributed by atoms with Crippen molar-refractivity contribution in [2.45, 2.75) is 13.0 Å². The van der Waals surface area contributed by atoms with Gasteiger partial charge in [0.2, 0.25) is 0 Å². The fraction of sp³-hybridized carbons (Fsp3) is 0.250. The molecule has 0 aliphatic rings. The van der Waals surface area contributed by atoms with Crippen LogP contribution in [0.5, 0.6) is 11.5 Å². The van der Waals surface area contributed by atoms with E-state index in [-0.39, 0.29) is 5.75 Å². The number of halogens is 2. The van der Waals surface area contributed by atoms with Crippen LogP contribution in [0, 0.1) is 18.6 Å². The van der Waals surface area contributed by atoms with Gasteiger partial charge in [0.25, 0.3) is 0 Å². The molecule has 0 aliphatic heterocycles. The van der Waals surface area contributed by atoms with E-state index in [0.29, 0.717) is 11.3 Å². The summed E-state index contributed by atoms with van der Waals surface area (Å²) in [6.45, 7) is 1.82. The number of rotatable bonds is 4. The highest BCUT2D eigenvalue weighted by Crippen LogP contribution is 2.34. The third-order valence-electron chi connectivity index (χ3n) is 3.24. The predicted octanol–water partition coefficient (Wildman–Crippen LogP) is 3.37. The highest BCUT2D eigenvalue weighted by atomic mass is 19.1. The molecule has 2 aromatic carbocycles. The summed E-state index contributed by atoms with van der Waals surface area (Å²) >= 11 is 0. The smallest absolute Gasteiger partial charge is 0.135 e. The Hall–Kier alpha value is -2.14. The van der Waals surface area contributed by atoms with E-state index >= 15 is 0 Å². The van der Waals surface area contributed by atoms with E-state index in [9.17, 15) is 13.9 Å². The van der Waals surface area contributed by atoms with E-state index in [4.69, 9.17) is 9.47 Å². The quantitative estimate of drug-likeness (QED) is 0.939. The van der Waals surface area contributed by atoms with E-state index in [1.807, 2.05) is 6.92 Å². The minimum Gasteiger partial charge on any atom is -0.497 e. The van der Waals surface area contributed by atoms with E-state index in [0.717, 1.165) is 17.7 Å². The van der Waals surface area contributed by atoms with Crippen LogP contribution in [-0.2, 0) is 0 Å². The number of methoxy groups -OCH3 is 2. The standard InChI is InChI=1S/C16H16F2O3/c1-9-4-5-14(21-3)11(6-9)16(19)15-12(17)7-10(20-2)8-13(15)18/h4-8,16,19H,1-3H3. The van der Waals surface area contributed by atoms with Crippen molar-refractivity contribution in [2.24, 2.45) is 0 Å². The number of aryl methyl sites for hydroxylation is 1. The highest BCUT2D eigenvalue weighted by molar-refractivity contribution is 5.44. The molecule has 0 radical (unpaired) electrons. The topological polar surface area (TPSA) is 38.7 Å². The predicted molar refractivity (Wildman–Crippen MR) is 74.7 cm³/mol. The molecule has 0 heterocycles. The minimum absolute atomic E-state index is 0.0529. The average Bonchev–Trinajstić information content (AvgIpc) is 2.46. The summed E-state index contributed by atoms with van der Waals surface area (Å²) in [7, 11) is 2.75. The largest absolute Gasteiger partial charge is 0.497 e. The van der Waals surface area contributed by atoms with Crippen molar-refractivity contribution in [1.82, 2.24) is 0 Å². The summed E-state index contributed by atoms with van der Waals surface area (Å²) in [5, 5.41) is 10.4. The number of aliphatic hydroxyl groups is 1. The molecule has 2 rings (SSSR count). The monoisotopic (exact) mass is 294 g/mol. The number of aliphatic hydroxyl groups excluding tert-OH is 1. The Bertz CT molecular complexity index is 633. The summed E-state index contributed by atoms with van der Waals surface area (Å²) in [4.78, 5) is 0. The maximum atomic E-state index is 14.0. The minimum atomic E-state index is -1.47. The molecule has 112 valence electrons. The zero-order chi connectivity index (χ0) is 15.6. The molecule has 21 heavy (non-hydrogen) atoms. The number of ether oxygens (including phenoxy) is 2. The van der Waals surface area contributed by atoms with Crippen molar-refractivity contribution in [1.29, 1.82) is 0 Å². The second-order valence-corrected chi connectivity index (χ2v) is 4.65. The van der Waals surface area contributed by atoms with Gasteiger partial charge in [-0.25, -0.2) is 8.78 Å². The van der Waals surface area contributed by atoms with E-state index < -0.39 is 23.3 Å². The summed E-state index contributed by atoms with van der Waals surface area (Å²) < 4.78 is 38.0. The average molecular weight is 294 g/mol. The molecule has 0 fully saturated rings. The van der Waals surface area contributed by atoms with Crippen LogP contribution in [-0.4, -0.2) is 19.3 Å². The van der Waals surface area contributed by atoms with Crippen molar-refractivity contribution in [3.05, 3.63) is 58.7 Å². The highest BCUT2D eigenvalue weighted by Gasteiger charge is 2.23. The molecule has 2 aromatic rings. The Morgan fingerprint density at radius 3 is 2.14 bits per heavy atom. The Morgan fingerprint density at radius 2 is 1.62 bits per heavy atom. The Kier molecular flexibility index (Phi) is 4.43. The first-order valence-electron chi connectivity index (χ1n) is 6.33. The fourth-order valence-electron chi connectivity index (χ4n) is 2.16. The van der Waals surface area contributed by atoms with Crippen LogP contribution in [0.3, 0.4) is 0 Å². The summed E-state index contributed by atoms with van der Waals surface area (Å²) in [5.74, 6) is -1.33. The van der Waals surface area contributed by atoms with E-state index in [1.165, 1.54) is 14.2 Å². The zero-order valence-corrected chi connectivity index (χ0v) is 12.0. The van der Waals surface area contributed by atoms with Crippen LogP contribution >= 0.6 is 0 Å². The Morgan fingerprint density at radius 1 is 1.00 bits per heavy atom. The van der Waals surface area contributed by atoms with Crippen molar-refractivity contribution in [3.63, 3.8) is 0 Å². The molecule has 0 saturated heterocycles. The lowest BCUT2D eigenvalue weighted by molar-refractivity contribution is 0.203. The number of hydrogen-bond donors (Lipinski definition) is 1. The summed E-state index contributed by atoms with van der Waals surface area (Å²) in [6.07, 6.45) is -1.47. The van der Waals surface area contributed by atoms with Gasteiger partial charge in [-0.2, -0.15) is 0 Å². The third-order valence-corrected chi connectivity index (χ3v) is 3.24. The molecule has 0 bridgehead atoms. The van der Waals surface area contributed by atoms with Gasteiger partial charge in [-0.3, -0.25) is 0 Å². The normalized spacial score (nSPS) is 12.1. The Balaban J connectivity index is 2.55. The van der Waals surface area contributed by atoms with Crippen molar-refractivity contribution in [2.75, 3.05) is 14.2 Å². The maximum absolute atomic E-state index is 14.0. The molecule has 1 N–H and O–H groups in total. The van der Waals surface area contributed by atoms with Crippen LogP contribution in [0.2, 0.25) is 0 Å². The number of hydrogen-bond acceptors (Lipinski definition) is 3. The van der Waals surface area contributed by atoms with Gasteiger partial charge in [0.1, 0.15) is 29.2 Å². The summed E-state index contributed by atoms with van der Waals surface area (Å²) in [5.41, 5.74) is 0.722. The molecule has 0 spiro atoms. The molecule has 0 amide bonds. The van der Waals surface area contributed by atoms with Gasteiger partial charge in [0.15, 0.2) is 0 Å². The molecule has 1 atom stereocenters. The first-order valence-corrected chi connectivity index (χ1v) is 6.33. The lowest BCUT2D eigenvalue weighted by Gasteiger charge is -2.17. The van der Waals surface area contributed by atoms with Gasteiger partial charge in [0, 0.05) is 17.7 Å². The second kappa shape index (κ2) is 6.10. The van der Waals surface area contributed by atoms with Crippen LogP contribution in [0.1, 0.15) is 22.8 Å². The van der Waals surface area contributed by atoms with Gasteiger partial charge in [-0.05, 0) is 19.1 Å². The van der Waals surface area contributed by atoms with E-state index in [1.54, 1.807) is 18.2 Å². The molecule has 3 nitrogen and oxygen atoms in total. The first kappa shape index (κ1) is 15.3. The summed E-state index contributed by atoms with van der Waals surface area (Å²) in [6, 6.07) is 7.13. The van der Waals surface area contributed by atoms with Gasteiger partial charge >= 0.3 is 0 Å². The lowest BCUT2D eigenvalue weighted by atomic mass is 9.98. The fourth-order valence-corrected chi connectivity index (χ4v) is 2.16. The molecule has 0 saturated carbocycles. The zero-order valence-electron chi connectivity index (χ0n) is 12.0. The maximum Gasteiger partial charge on any atom is 0.135 e. The van der Waals surface area contributed by atoms with Crippen molar-refractivity contribution < 1.29 is 23.4 Å². The van der Waals surface area contributed by atoms with Crippen LogP contribution < -0.4 is 9.47 Å². The van der Waals surface area contributed by atoms with Gasteiger partial charge in [-0.15, -0.1) is 0 Å². The van der Waals surface area contributed by atoms with Crippen LogP contribution in [0.25, 0.3) is 0 Å². The molecule has 1 unspecified atom stereocenters. The molecular formula is C16H16F2O3. The molecular weight excluding hydrogens is 278 g/mol. The van der Waals surface area contributed by atoms with Gasteiger partial charge in [-0.1, -0.05) is 11.6 Å². The molecule has 5 heteroatoms. The van der Waals surface area contributed by atoms with Crippen molar-refractivity contribution >= 4 is 0 Å². The SMILES string of the molecule is COc1cc(F)c(C(O)c2cc(C)ccc2OC)c(F)c1. The van der Waals surface area contributed by atoms with Crippen LogP contribution in [0.15, 0.2) is 30.3 Å². The lowest BCUT2D eigenvalue weighted by Crippen LogP contribution is -2.08. The molecule has 0 aromatic heterocycles. The van der Waals surface area contributed by atoms with Crippen LogP contribution in [0.4, 0.5) is 8.78 Å².